The number of nitrogens with zero attached hydrogens (tertiary/aromatic N) is 6. The van der Waals surface area contributed by atoms with E-state index in [1.54, 1.807) is 0 Å². The molecule has 0 saturated carbocycles. The molecule has 0 radical (unpaired) electrons. The maximum absolute atomic E-state index is 4.64. The smallest absolute Gasteiger partial charge is 0.225 e. The summed E-state index contributed by atoms with van der Waals surface area (Å²) in [6, 6.07) is 0.612. The summed E-state index contributed by atoms with van der Waals surface area (Å²) in [5.74, 6) is 1.55. The van der Waals surface area contributed by atoms with Crippen LogP contribution in [0.2, 0.25) is 0 Å². The van der Waals surface area contributed by atoms with Gasteiger partial charge in [0.05, 0.1) is 0 Å². The lowest BCUT2D eigenvalue weighted by molar-refractivity contribution is 0.0569. The molecule has 0 N–H and O–H groups in total. The van der Waals surface area contributed by atoms with Crippen molar-refractivity contribution in [3.63, 3.8) is 0 Å². The van der Waals surface area contributed by atoms with Crippen LogP contribution in [0.15, 0.2) is 12.4 Å². The van der Waals surface area contributed by atoms with Gasteiger partial charge in [0.1, 0.15) is 0 Å². The van der Waals surface area contributed by atoms with Crippen molar-refractivity contribution in [1.82, 2.24) is 24.7 Å². The first-order valence-electron chi connectivity index (χ1n) is 9.20. The van der Waals surface area contributed by atoms with E-state index in [4.69, 9.17) is 0 Å². The van der Waals surface area contributed by atoms with E-state index < -0.39 is 0 Å². The molecule has 2 fully saturated rings. The summed E-state index contributed by atoms with van der Waals surface area (Å²) >= 11 is 0. The highest BCUT2D eigenvalue weighted by Gasteiger charge is 2.27. The minimum Gasteiger partial charge on any atom is -0.338 e. The lowest BCUT2D eigenvalue weighted by Gasteiger charge is -2.42. The molecule has 24 heavy (non-hydrogen) atoms. The van der Waals surface area contributed by atoms with Crippen LogP contribution in [0.5, 0.6) is 0 Å². The van der Waals surface area contributed by atoms with Gasteiger partial charge in [-0.05, 0) is 20.0 Å². The average Bonchev–Trinajstić information content (AvgIpc) is 2.58. The fraction of sp³-hybridized carbons (Fsp3) is 0.778. The summed E-state index contributed by atoms with van der Waals surface area (Å²) in [4.78, 5) is 18.9. The third-order valence-corrected chi connectivity index (χ3v) is 5.37. The molecule has 0 aromatic carbocycles. The Labute approximate surface area is 146 Å². The van der Waals surface area contributed by atoms with Gasteiger partial charge in [-0.15, -0.1) is 0 Å². The van der Waals surface area contributed by atoms with Gasteiger partial charge in [0.25, 0.3) is 0 Å². The topological polar surface area (TPSA) is 38.7 Å². The molecule has 1 atom stereocenters. The second kappa shape index (κ2) is 7.76. The number of likely N-dealkylation sites (N-methyl/N-ethyl adjacent to an activating group) is 2. The SMILES string of the molecule is CC(C)[C@H]1CN(C)CCN1Cc1cnc(N2CCN(C)CC2)nc1. The Morgan fingerprint density at radius 1 is 0.958 bits per heavy atom. The lowest BCUT2D eigenvalue weighted by atomic mass is 9.99. The molecule has 3 rings (SSSR count). The molecule has 2 aliphatic heterocycles. The van der Waals surface area contributed by atoms with E-state index in [0.717, 1.165) is 58.3 Å². The van der Waals surface area contributed by atoms with E-state index in [2.05, 4.69) is 57.5 Å². The standard InChI is InChI=1S/C18H32N6/c1-15(2)17-14-22(4)7-10-24(17)13-16-11-19-18(20-12-16)23-8-5-21(3)6-9-23/h11-12,15,17H,5-10,13-14H2,1-4H3/t17-/m1/s1. The van der Waals surface area contributed by atoms with Gasteiger partial charge in [0.2, 0.25) is 5.95 Å². The Morgan fingerprint density at radius 2 is 1.58 bits per heavy atom. The van der Waals surface area contributed by atoms with Crippen LogP contribution in [-0.4, -0.2) is 90.6 Å². The summed E-state index contributed by atoms with van der Waals surface area (Å²) < 4.78 is 0. The summed E-state index contributed by atoms with van der Waals surface area (Å²) in [6.07, 6.45) is 4.05. The molecule has 0 bridgehead atoms. The highest BCUT2D eigenvalue weighted by Crippen LogP contribution is 2.19. The number of piperazine rings is 2. The van der Waals surface area contributed by atoms with Crippen LogP contribution in [0.3, 0.4) is 0 Å². The Hall–Kier alpha value is -1.24. The van der Waals surface area contributed by atoms with E-state index in [9.17, 15) is 0 Å². The molecule has 0 unspecified atom stereocenters. The molecule has 0 amide bonds. The molecule has 6 nitrogen and oxygen atoms in total. The molecular weight excluding hydrogens is 300 g/mol. The fourth-order valence-corrected chi connectivity index (χ4v) is 3.65. The second-order valence-electron chi connectivity index (χ2n) is 7.73. The van der Waals surface area contributed by atoms with Gasteiger partial charge >= 0.3 is 0 Å². The van der Waals surface area contributed by atoms with Crippen molar-refractivity contribution in [3.8, 4) is 0 Å². The number of anilines is 1. The molecule has 0 aliphatic carbocycles. The van der Waals surface area contributed by atoms with Crippen molar-refractivity contribution >= 4 is 5.95 Å². The predicted octanol–water partition coefficient (Wildman–Crippen LogP) is 1.00. The Balaban J connectivity index is 1.61. The number of hydrogen-bond donors (Lipinski definition) is 0. The predicted molar refractivity (Wildman–Crippen MR) is 98.3 cm³/mol. The normalized spacial score (nSPS) is 24.7. The molecule has 1 aromatic rings. The third kappa shape index (κ3) is 4.23. The van der Waals surface area contributed by atoms with Crippen LogP contribution >= 0.6 is 0 Å². The van der Waals surface area contributed by atoms with E-state index >= 15 is 0 Å². The first-order valence-corrected chi connectivity index (χ1v) is 9.20. The molecule has 134 valence electrons. The Bertz CT molecular complexity index is 509. The van der Waals surface area contributed by atoms with Gasteiger partial charge in [-0.1, -0.05) is 13.8 Å². The highest BCUT2D eigenvalue weighted by atomic mass is 15.3. The quantitative estimate of drug-likeness (QED) is 0.819. The molecule has 2 aliphatic rings. The van der Waals surface area contributed by atoms with E-state index in [0.29, 0.717) is 12.0 Å². The van der Waals surface area contributed by atoms with Gasteiger partial charge in [-0.2, -0.15) is 0 Å². The summed E-state index contributed by atoms with van der Waals surface area (Å²) in [5, 5.41) is 0. The van der Waals surface area contributed by atoms with Crippen molar-refractivity contribution in [1.29, 1.82) is 0 Å². The van der Waals surface area contributed by atoms with E-state index in [1.165, 1.54) is 5.56 Å². The lowest BCUT2D eigenvalue weighted by Crippen LogP contribution is -2.53. The maximum atomic E-state index is 4.64. The van der Waals surface area contributed by atoms with Gasteiger partial charge in [-0.3, -0.25) is 4.90 Å². The Morgan fingerprint density at radius 3 is 2.21 bits per heavy atom. The minimum absolute atomic E-state index is 0.612. The summed E-state index contributed by atoms with van der Waals surface area (Å²) in [6.45, 7) is 13.2. The molecule has 2 saturated heterocycles. The van der Waals surface area contributed by atoms with Crippen molar-refractivity contribution in [2.24, 2.45) is 5.92 Å². The molecule has 0 spiro atoms. The van der Waals surface area contributed by atoms with E-state index in [-0.39, 0.29) is 0 Å². The van der Waals surface area contributed by atoms with Crippen molar-refractivity contribution in [2.45, 2.75) is 26.4 Å². The molecular formula is C18H32N6. The average molecular weight is 332 g/mol. The maximum Gasteiger partial charge on any atom is 0.225 e. The first kappa shape index (κ1) is 17.6. The van der Waals surface area contributed by atoms with Gasteiger partial charge < -0.3 is 14.7 Å². The van der Waals surface area contributed by atoms with Crippen LogP contribution in [0.1, 0.15) is 19.4 Å². The van der Waals surface area contributed by atoms with E-state index in [1.807, 2.05) is 12.4 Å². The molecule has 6 heteroatoms. The summed E-state index contributed by atoms with van der Waals surface area (Å²) in [5.41, 5.74) is 1.23. The van der Waals surface area contributed by atoms with Gasteiger partial charge in [-0.25, -0.2) is 9.97 Å². The zero-order valence-corrected chi connectivity index (χ0v) is 15.6. The number of rotatable bonds is 4. The highest BCUT2D eigenvalue weighted by molar-refractivity contribution is 5.30. The minimum atomic E-state index is 0.612. The van der Waals surface area contributed by atoms with Crippen molar-refractivity contribution in [2.75, 3.05) is 64.8 Å². The van der Waals surface area contributed by atoms with Crippen molar-refractivity contribution in [3.05, 3.63) is 18.0 Å². The summed E-state index contributed by atoms with van der Waals surface area (Å²) in [7, 11) is 4.39. The van der Waals surface area contributed by atoms with Gasteiger partial charge in [0.15, 0.2) is 0 Å². The second-order valence-corrected chi connectivity index (χ2v) is 7.73. The fourth-order valence-electron chi connectivity index (χ4n) is 3.65. The molecule has 1 aromatic heterocycles. The largest absolute Gasteiger partial charge is 0.338 e. The zero-order chi connectivity index (χ0) is 17.1. The number of hydrogen-bond acceptors (Lipinski definition) is 6. The van der Waals surface area contributed by atoms with Crippen LogP contribution in [0, 0.1) is 5.92 Å². The Kier molecular flexibility index (Phi) is 5.69. The van der Waals surface area contributed by atoms with Crippen molar-refractivity contribution < 1.29 is 0 Å². The first-order chi connectivity index (χ1) is 11.5. The zero-order valence-electron chi connectivity index (χ0n) is 15.6. The molecule has 3 heterocycles. The van der Waals surface area contributed by atoms with Crippen LogP contribution in [0.25, 0.3) is 0 Å². The monoisotopic (exact) mass is 332 g/mol. The van der Waals surface area contributed by atoms with Crippen LogP contribution in [0.4, 0.5) is 5.95 Å². The van der Waals surface area contributed by atoms with Crippen LogP contribution in [-0.2, 0) is 6.54 Å². The third-order valence-electron chi connectivity index (χ3n) is 5.37. The number of aromatic nitrogens is 2. The van der Waals surface area contributed by atoms with Crippen LogP contribution < -0.4 is 4.90 Å². The van der Waals surface area contributed by atoms with Gasteiger partial charge in [0, 0.05) is 76.4 Å².